The maximum Gasteiger partial charge on any atom is 0.330 e. The molecule has 1 unspecified atom stereocenters. The SMILES string of the molecule is CCOC(=O)/C=C/c1cc(C)cc(C2Nc3ccccc3S2)c1O. The van der Waals surface area contributed by atoms with Gasteiger partial charge in [-0.1, -0.05) is 23.9 Å². The van der Waals surface area contributed by atoms with Gasteiger partial charge in [-0.05, 0) is 49.8 Å². The predicted octanol–water partition coefficient (Wildman–Crippen LogP) is 4.49. The summed E-state index contributed by atoms with van der Waals surface area (Å²) in [6, 6.07) is 11.9. The summed E-state index contributed by atoms with van der Waals surface area (Å²) in [5.41, 5.74) is 3.50. The van der Waals surface area contributed by atoms with E-state index in [-0.39, 0.29) is 11.1 Å². The van der Waals surface area contributed by atoms with Crippen LogP contribution in [0, 0.1) is 6.92 Å². The van der Waals surface area contributed by atoms with E-state index in [1.165, 1.54) is 6.08 Å². The Morgan fingerprint density at radius 2 is 2.17 bits per heavy atom. The maximum absolute atomic E-state index is 11.5. The minimum Gasteiger partial charge on any atom is -0.507 e. The van der Waals surface area contributed by atoms with Gasteiger partial charge in [-0.3, -0.25) is 0 Å². The minimum absolute atomic E-state index is 0.0583. The molecule has 0 fully saturated rings. The fraction of sp³-hybridized carbons (Fsp3) is 0.211. The number of rotatable bonds is 4. The summed E-state index contributed by atoms with van der Waals surface area (Å²) in [7, 11) is 0. The van der Waals surface area contributed by atoms with Crippen molar-refractivity contribution in [1.29, 1.82) is 0 Å². The number of ether oxygens (including phenoxy) is 1. The topological polar surface area (TPSA) is 58.6 Å². The summed E-state index contributed by atoms with van der Waals surface area (Å²) in [5.74, 6) is -0.236. The Hall–Kier alpha value is -2.40. The zero-order chi connectivity index (χ0) is 17.1. The lowest BCUT2D eigenvalue weighted by molar-refractivity contribution is -0.137. The van der Waals surface area contributed by atoms with E-state index in [0.717, 1.165) is 21.7 Å². The molecule has 0 radical (unpaired) electrons. The van der Waals surface area contributed by atoms with Crippen molar-refractivity contribution in [2.75, 3.05) is 11.9 Å². The number of carbonyl (C=O) groups excluding carboxylic acids is 1. The highest BCUT2D eigenvalue weighted by Crippen LogP contribution is 2.49. The predicted molar refractivity (Wildman–Crippen MR) is 97.2 cm³/mol. The van der Waals surface area contributed by atoms with Crippen molar-refractivity contribution in [1.82, 2.24) is 0 Å². The fourth-order valence-corrected chi connectivity index (χ4v) is 3.80. The number of anilines is 1. The molecule has 3 rings (SSSR count). The largest absolute Gasteiger partial charge is 0.507 e. The summed E-state index contributed by atoms with van der Waals surface area (Å²) >= 11 is 1.67. The van der Waals surface area contributed by atoms with Crippen LogP contribution in [0.25, 0.3) is 6.08 Å². The Kier molecular flexibility index (Phi) is 4.81. The third-order valence-corrected chi connectivity index (χ3v) is 4.92. The van der Waals surface area contributed by atoms with Crippen LogP contribution in [-0.4, -0.2) is 17.7 Å². The number of aromatic hydroxyl groups is 1. The number of carbonyl (C=O) groups is 1. The van der Waals surface area contributed by atoms with Crippen LogP contribution in [0.4, 0.5) is 5.69 Å². The lowest BCUT2D eigenvalue weighted by Crippen LogP contribution is -2.03. The Bertz CT molecular complexity index is 776. The molecule has 0 spiro atoms. The van der Waals surface area contributed by atoms with Crippen molar-refractivity contribution in [2.24, 2.45) is 0 Å². The molecule has 0 saturated heterocycles. The number of hydrogen-bond acceptors (Lipinski definition) is 5. The molecule has 1 heterocycles. The van der Waals surface area contributed by atoms with Crippen molar-refractivity contribution in [3.05, 3.63) is 59.2 Å². The van der Waals surface area contributed by atoms with E-state index in [0.29, 0.717) is 12.2 Å². The zero-order valence-corrected chi connectivity index (χ0v) is 14.4. The van der Waals surface area contributed by atoms with Crippen molar-refractivity contribution in [3.8, 4) is 5.75 Å². The monoisotopic (exact) mass is 341 g/mol. The fourth-order valence-electron chi connectivity index (χ4n) is 2.64. The van der Waals surface area contributed by atoms with Crippen molar-refractivity contribution in [3.63, 3.8) is 0 Å². The molecule has 1 atom stereocenters. The number of phenolic OH excluding ortho intramolecular Hbond substituents is 1. The van der Waals surface area contributed by atoms with E-state index < -0.39 is 5.97 Å². The van der Waals surface area contributed by atoms with Crippen LogP contribution < -0.4 is 5.32 Å². The Morgan fingerprint density at radius 1 is 1.38 bits per heavy atom. The molecule has 4 nitrogen and oxygen atoms in total. The van der Waals surface area contributed by atoms with Gasteiger partial charge in [-0.15, -0.1) is 0 Å². The number of aryl methyl sites for hydroxylation is 1. The number of phenols is 1. The molecule has 124 valence electrons. The first-order chi connectivity index (χ1) is 11.6. The van der Waals surface area contributed by atoms with Gasteiger partial charge in [0.1, 0.15) is 11.1 Å². The van der Waals surface area contributed by atoms with Gasteiger partial charge in [-0.25, -0.2) is 4.79 Å². The molecule has 24 heavy (non-hydrogen) atoms. The van der Waals surface area contributed by atoms with Gasteiger partial charge < -0.3 is 15.2 Å². The standard InChI is InChI=1S/C19H19NO3S/c1-3-23-17(21)9-8-13-10-12(2)11-14(18(13)22)19-20-15-6-4-5-7-16(15)24-19/h4-11,19-20,22H,3H2,1-2H3/b9-8+. The highest BCUT2D eigenvalue weighted by atomic mass is 32.2. The third kappa shape index (κ3) is 3.41. The number of esters is 1. The zero-order valence-electron chi connectivity index (χ0n) is 13.6. The van der Waals surface area contributed by atoms with Crippen molar-refractivity contribution < 1.29 is 14.6 Å². The van der Waals surface area contributed by atoms with E-state index in [4.69, 9.17) is 4.74 Å². The molecule has 2 aromatic rings. The van der Waals surface area contributed by atoms with Gasteiger partial charge in [0.2, 0.25) is 0 Å². The van der Waals surface area contributed by atoms with Gasteiger partial charge in [0.25, 0.3) is 0 Å². The molecule has 5 heteroatoms. The third-order valence-electron chi connectivity index (χ3n) is 3.70. The Morgan fingerprint density at radius 3 is 2.92 bits per heavy atom. The summed E-state index contributed by atoms with van der Waals surface area (Å²) < 4.78 is 4.88. The number of benzene rings is 2. The average Bonchev–Trinajstić information content (AvgIpc) is 2.99. The molecule has 0 saturated carbocycles. The number of para-hydroxylation sites is 1. The second kappa shape index (κ2) is 7.01. The molecular weight excluding hydrogens is 322 g/mol. The number of hydrogen-bond donors (Lipinski definition) is 2. The molecular formula is C19H19NO3S. The number of nitrogens with one attached hydrogen (secondary N) is 1. The minimum atomic E-state index is -0.416. The van der Waals surface area contributed by atoms with Crippen LogP contribution in [-0.2, 0) is 9.53 Å². The summed E-state index contributed by atoms with van der Waals surface area (Å²) in [5, 5.41) is 14.0. The molecule has 2 N–H and O–H groups in total. The highest BCUT2D eigenvalue weighted by molar-refractivity contribution is 8.00. The van der Waals surface area contributed by atoms with E-state index in [1.54, 1.807) is 24.8 Å². The second-order valence-electron chi connectivity index (χ2n) is 5.52. The number of fused-ring (bicyclic) bond motifs is 1. The highest BCUT2D eigenvalue weighted by Gasteiger charge is 2.25. The van der Waals surface area contributed by atoms with E-state index in [2.05, 4.69) is 11.4 Å². The molecule has 0 amide bonds. The van der Waals surface area contributed by atoms with Crippen molar-refractivity contribution >= 4 is 29.5 Å². The summed E-state index contributed by atoms with van der Waals surface area (Å²) in [6.07, 6.45) is 2.93. The quantitative estimate of drug-likeness (QED) is 0.634. The van der Waals surface area contributed by atoms with Crippen LogP contribution in [0.2, 0.25) is 0 Å². The lowest BCUT2D eigenvalue weighted by atomic mass is 10.0. The van der Waals surface area contributed by atoms with Gasteiger partial charge in [0.05, 0.1) is 6.61 Å². The van der Waals surface area contributed by atoms with Crippen LogP contribution in [0.3, 0.4) is 0 Å². The number of thioether (sulfide) groups is 1. The Labute approximate surface area is 145 Å². The lowest BCUT2D eigenvalue weighted by Gasteiger charge is -2.15. The maximum atomic E-state index is 11.5. The van der Waals surface area contributed by atoms with Crippen LogP contribution in [0.15, 0.2) is 47.4 Å². The average molecular weight is 341 g/mol. The van der Waals surface area contributed by atoms with E-state index in [1.807, 2.05) is 37.3 Å². The van der Waals surface area contributed by atoms with Crippen LogP contribution in [0.1, 0.15) is 29.0 Å². The smallest absolute Gasteiger partial charge is 0.330 e. The van der Waals surface area contributed by atoms with Gasteiger partial charge in [0, 0.05) is 27.8 Å². The summed E-state index contributed by atoms with van der Waals surface area (Å²) in [4.78, 5) is 12.7. The van der Waals surface area contributed by atoms with Crippen LogP contribution in [0.5, 0.6) is 5.75 Å². The first-order valence-corrected chi connectivity index (χ1v) is 8.67. The van der Waals surface area contributed by atoms with Crippen LogP contribution >= 0.6 is 11.8 Å². The normalized spacial score (nSPS) is 16.0. The van der Waals surface area contributed by atoms with E-state index in [9.17, 15) is 9.90 Å². The van der Waals surface area contributed by atoms with Gasteiger partial charge >= 0.3 is 5.97 Å². The molecule has 1 aliphatic heterocycles. The Balaban J connectivity index is 1.89. The molecule has 2 aromatic carbocycles. The van der Waals surface area contributed by atoms with Crippen molar-refractivity contribution in [2.45, 2.75) is 24.1 Å². The summed E-state index contributed by atoms with van der Waals surface area (Å²) in [6.45, 7) is 4.06. The molecule has 0 bridgehead atoms. The molecule has 1 aliphatic rings. The molecule has 0 aromatic heterocycles. The molecule has 0 aliphatic carbocycles. The van der Waals surface area contributed by atoms with Gasteiger partial charge in [0.15, 0.2) is 0 Å². The first-order valence-electron chi connectivity index (χ1n) is 7.79. The second-order valence-corrected chi connectivity index (χ2v) is 6.66. The first kappa shape index (κ1) is 16.5. The van der Waals surface area contributed by atoms with E-state index >= 15 is 0 Å². The van der Waals surface area contributed by atoms with Gasteiger partial charge in [-0.2, -0.15) is 0 Å².